The minimum absolute atomic E-state index is 0.00438. The van der Waals surface area contributed by atoms with E-state index < -0.39 is 9.84 Å². The lowest BCUT2D eigenvalue weighted by molar-refractivity contribution is -0.121. The molecule has 0 N–H and O–H groups in total. The van der Waals surface area contributed by atoms with Crippen LogP contribution in [0.4, 0.5) is 5.69 Å². The molecule has 142 valence electrons. The maximum absolute atomic E-state index is 12.5. The van der Waals surface area contributed by atoms with Gasteiger partial charge in [0, 0.05) is 11.2 Å². The van der Waals surface area contributed by atoms with Crippen LogP contribution < -0.4 is 4.90 Å². The summed E-state index contributed by atoms with van der Waals surface area (Å²) in [6.07, 6.45) is 1.43. The molecule has 2 aliphatic rings. The van der Waals surface area contributed by atoms with Gasteiger partial charge in [0.1, 0.15) is 0 Å². The van der Waals surface area contributed by atoms with Crippen molar-refractivity contribution in [3.05, 3.63) is 28.2 Å². The fourth-order valence-corrected chi connectivity index (χ4v) is 7.85. The summed E-state index contributed by atoms with van der Waals surface area (Å²) in [4.78, 5) is 18.6. The van der Waals surface area contributed by atoms with Crippen LogP contribution in [-0.2, 0) is 14.6 Å². The zero-order valence-electron chi connectivity index (χ0n) is 14.5. The van der Waals surface area contributed by atoms with Crippen LogP contribution in [0.5, 0.6) is 0 Å². The van der Waals surface area contributed by atoms with Crippen LogP contribution in [0.25, 0.3) is 0 Å². The summed E-state index contributed by atoms with van der Waals surface area (Å²) in [7, 11) is -3.14. The number of para-hydroxylation sites is 1. The summed E-state index contributed by atoms with van der Waals surface area (Å²) in [5.74, 6) is -0.256. The van der Waals surface area contributed by atoms with Gasteiger partial charge in [-0.15, -0.1) is 0 Å². The molecule has 0 radical (unpaired) electrons. The van der Waals surface area contributed by atoms with Crippen LogP contribution in [-0.4, -0.2) is 42.3 Å². The molecule has 3 rings (SSSR count). The molecule has 1 aromatic carbocycles. The average molecular weight is 435 g/mol. The first-order valence-corrected chi connectivity index (χ1v) is 12.0. The summed E-state index contributed by atoms with van der Waals surface area (Å²) >= 11 is 14.1. The molecule has 0 aliphatic carbocycles. The number of hydrogen-bond acceptors (Lipinski definition) is 4. The first-order valence-electron chi connectivity index (χ1n) is 8.50. The van der Waals surface area contributed by atoms with Crippen molar-refractivity contribution in [3.8, 4) is 0 Å². The minimum atomic E-state index is -3.14. The number of amidine groups is 1. The molecule has 2 fully saturated rings. The van der Waals surface area contributed by atoms with Crippen molar-refractivity contribution in [1.82, 2.24) is 0 Å². The van der Waals surface area contributed by atoms with Crippen LogP contribution in [0.2, 0.25) is 10.0 Å². The second kappa shape index (κ2) is 7.70. The second-order valence-electron chi connectivity index (χ2n) is 6.49. The standard InChI is InChI=1S/C17H20Cl2N2O3S2/c1-3-10(4-2)16(22)20-17-21(15-11(18)6-5-7-12(15)19)13-8-26(23,24)9-14(13)25-17/h5-7,10,13-14H,3-4,8-9H2,1-2H3/t13-,14+/m1/s1. The predicted molar refractivity (Wildman–Crippen MR) is 109 cm³/mol. The highest BCUT2D eigenvalue weighted by molar-refractivity contribution is 8.16. The van der Waals surface area contributed by atoms with Gasteiger partial charge in [0.2, 0.25) is 0 Å². The number of benzene rings is 1. The Kier molecular flexibility index (Phi) is 5.92. The Hall–Kier alpha value is -0.760. The highest BCUT2D eigenvalue weighted by Crippen LogP contribution is 2.45. The van der Waals surface area contributed by atoms with Gasteiger partial charge >= 0.3 is 0 Å². The van der Waals surface area contributed by atoms with E-state index in [-0.39, 0.29) is 34.6 Å². The summed E-state index contributed by atoms with van der Waals surface area (Å²) in [6.45, 7) is 3.91. The third-order valence-electron chi connectivity index (χ3n) is 4.79. The molecular formula is C17H20Cl2N2O3S2. The molecule has 0 spiro atoms. The fourth-order valence-electron chi connectivity index (χ4n) is 3.37. The van der Waals surface area contributed by atoms with E-state index in [9.17, 15) is 13.2 Å². The van der Waals surface area contributed by atoms with Crippen molar-refractivity contribution in [3.63, 3.8) is 0 Å². The molecule has 1 amide bonds. The number of carbonyl (C=O) groups is 1. The number of hydrogen-bond donors (Lipinski definition) is 0. The lowest BCUT2D eigenvalue weighted by atomic mass is 10.0. The number of anilines is 1. The van der Waals surface area contributed by atoms with Crippen LogP contribution in [0.15, 0.2) is 23.2 Å². The van der Waals surface area contributed by atoms with Gasteiger partial charge in [-0.2, -0.15) is 4.99 Å². The van der Waals surface area contributed by atoms with E-state index in [1.807, 2.05) is 13.8 Å². The molecule has 0 unspecified atom stereocenters. The van der Waals surface area contributed by atoms with Gasteiger partial charge in [-0.25, -0.2) is 8.42 Å². The van der Waals surface area contributed by atoms with Gasteiger partial charge in [0.05, 0.1) is 33.3 Å². The number of aliphatic imine (C=N–C) groups is 1. The molecule has 2 saturated heterocycles. The van der Waals surface area contributed by atoms with E-state index in [4.69, 9.17) is 23.2 Å². The van der Waals surface area contributed by atoms with E-state index >= 15 is 0 Å². The molecule has 2 heterocycles. The number of fused-ring (bicyclic) bond motifs is 1. The largest absolute Gasteiger partial charge is 0.313 e. The summed E-state index contributed by atoms with van der Waals surface area (Å²) < 4.78 is 24.2. The van der Waals surface area contributed by atoms with Gasteiger partial charge in [0.25, 0.3) is 5.91 Å². The van der Waals surface area contributed by atoms with Crippen LogP contribution >= 0.6 is 35.0 Å². The van der Waals surface area contributed by atoms with Gasteiger partial charge in [-0.05, 0) is 25.0 Å². The van der Waals surface area contributed by atoms with Crippen molar-refractivity contribution < 1.29 is 13.2 Å². The van der Waals surface area contributed by atoms with E-state index in [1.165, 1.54) is 11.8 Å². The van der Waals surface area contributed by atoms with Crippen LogP contribution in [0, 0.1) is 5.92 Å². The smallest absolute Gasteiger partial charge is 0.251 e. The first-order chi connectivity index (χ1) is 12.3. The van der Waals surface area contributed by atoms with Gasteiger partial charge in [0.15, 0.2) is 15.0 Å². The van der Waals surface area contributed by atoms with Crippen molar-refractivity contribution in [2.24, 2.45) is 10.9 Å². The van der Waals surface area contributed by atoms with Gasteiger partial charge in [-0.3, -0.25) is 4.79 Å². The molecule has 5 nitrogen and oxygen atoms in total. The third-order valence-corrected chi connectivity index (χ3v) is 8.61. The summed E-state index contributed by atoms with van der Waals surface area (Å²) in [5, 5.41) is 1.12. The molecule has 0 aromatic heterocycles. The van der Waals surface area contributed by atoms with E-state index in [2.05, 4.69) is 4.99 Å². The quantitative estimate of drug-likeness (QED) is 0.715. The normalized spacial score (nSPS) is 25.9. The van der Waals surface area contributed by atoms with Crippen molar-refractivity contribution in [2.75, 3.05) is 16.4 Å². The topological polar surface area (TPSA) is 66.8 Å². The SMILES string of the molecule is CCC(CC)C(=O)N=C1S[C@H]2CS(=O)(=O)C[C@H]2N1c1c(Cl)cccc1Cl. The molecular weight excluding hydrogens is 415 g/mol. The first kappa shape index (κ1) is 20.0. The number of thioether (sulfide) groups is 1. The molecule has 9 heteroatoms. The Labute approximate surface area is 168 Å². The highest BCUT2D eigenvalue weighted by Gasteiger charge is 2.50. The van der Waals surface area contributed by atoms with E-state index in [0.717, 1.165) is 0 Å². The molecule has 2 aliphatic heterocycles. The Morgan fingerprint density at radius 3 is 2.46 bits per heavy atom. The van der Waals surface area contributed by atoms with E-state index in [0.29, 0.717) is 33.7 Å². The molecule has 26 heavy (non-hydrogen) atoms. The molecule has 2 atom stereocenters. The van der Waals surface area contributed by atoms with Crippen molar-refractivity contribution in [2.45, 2.75) is 38.0 Å². The second-order valence-corrected chi connectivity index (χ2v) is 10.7. The number of amides is 1. The van der Waals surface area contributed by atoms with Gasteiger partial charge in [-0.1, -0.05) is 54.9 Å². The minimum Gasteiger partial charge on any atom is -0.313 e. The Balaban J connectivity index is 2.06. The third kappa shape index (κ3) is 3.77. The summed E-state index contributed by atoms with van der Waals surface area (Å²) in [6, 6.07) is 4.80. The zero-order valence-corrected chi connectivity index (χ0v) is 17.6. The molecule has 0 saturated carbocycles. The van der Waals surface area contributed by atoms with Crippen LogP contribution in [0.1, 0.15) is 26.7 Å². The lowest BCUT2D eigenvalue weighted by Gasteiger charge is -2.26. The predicted octanol–water partition coefficient (Wildman–Crippen LogP) is 4.03. The maximum Gasteiger partial charge on any atom is 0.251 e. The summed E-state index contributed by atoms with van der Waals surface area (Å²) in [5.41, 5.74) is 0.518. The molecule has 0 bridgehead atoms. The fraction of sp³-hybridized carbons (Fsp3) is 0.529. The number of nitrogens with zero attached hydrogens (tertiary/aromatic N) is 2. The Morgan fingerprint density at radius 2 is 1.88 bits per heavy atom. The zero-order chi connectivity index (χ0) is 19.1. The highest BCUT2D eigenvalue weighted by atomic mass is 35.5. The average Bonchev–Trinajstić information content (AvgIpc) is 3.01. The number of rotatable bonds is 4. The number of sulfone groups is 1. The van der Waals surface area contributed by atoms with Crippen molar-refractivity contribution >= 4 is 61.6 Å². The van der Waals surface area contributed by atoms with E-state index in [1.54, 1.807) is 23.1 Å². The van der Waals surface area contributed by atoms with Gasteiger partial charge < -0.3 is 4.90 Å². The Bertz CT molecular complexity index is 833. The number of halogens is 2. The lowest BCUT2D eigenvalue weighted by Crippen LogP contribution is -2.38. The molecule has 1 aromatic rings. The van der Waals surface area contributed by atoms with Crippen LogP contribution in [0.3, 0.4) is 0 Å². The maximum atomic E-state index is 12.5. The monoisotopic (exact) mass is 434 g/mol. The Morgan fingerprint density at radius 1 is 1.27 bits per heavy atom. The number of carbonyl (C=O) groups excluding carboxylic acids is 1. The van der Waals surface area contributed by atoms with Crippen molar-refractivity contribution in [1.29, 1.82) is 0 Å².